The molecular formula is C26H18ClN5O. The van der Waals surface area contributed by atoms with Gasteiger partial charge in [-0.3, -0.25) is 0 Å². The molecule has 0 fully saturated rings. The van der Waals surface area contributed by atoms with Crippen LogP contribution in [-0.4, -0.2) is 9.78 Å². The van der Waals surface area contributed by atoms with Crippen LogP contribution in [0.2, 0.25) is 5.02 Å². The average molecular weight is 452 g/mol. The molecule has 0 saturated carbocycles. The van der Waals surface area contributed by atoms with Gasteiger partial charge in [0.15, 0.2) is 0 Å². The summed E-state index contributed by atoms with van der Waals surface area (Å²) in [5, 5.41) is 24.6. The molecule has 4 rings (SSSR count). The Kier molecular flexibility index (Phi) is 6.40. The minimum Gasteiger partial charge on any atom is -0.489 e. The summed E-state index contributed by atoms with van der Waals surface area (Å²) < 4.78 is 7.33. The second kappa shape index (κ2) is 9.74. The van der Waals surface area contributed by atoms with E-state index >= 15 is 0 Å². The predicted octanol–water partition coefficient (Wildman–Crippen LogP) is 5.62. The summed E-state index contributed by atoms with van der Waals surface area (Å²) in [7, 11) is 0. The number of anilines is 1. The lowest BCUT2D eigenvalue weighted by atomic mass is 10.1. The number of nitrogen functional groups attached to an aromatic ring is 1. The van der Waals surface area contributed by atoms with Gasteiger partial charge in [-0.15, -0.1) is 0 Å². The first-order chi connectivity index (χ1) is 16.1. The van der Waals surface area contributed by atoms with Gasteiger partial charge in [0.1, 0.15) is 41.6 Å². The Labute approximate surface area is 196 Å². The lowest BCUT2D eigenvalue weighted by Gasteiger charge is -2.08. The maximum absolute atomic E-state index is 9.82. The summed E-state index contributed by atoms with van der Waals surface area (Å²) in [5.74, 6) is 0.799. The normalized spacial score (nSPS) is 10.9. The van der Waals surface area contributed by atoms with Gasteiger partial charge in [-0.1, -0.05) is 60.1 Å². The van der Waals surface area contributed by atoms with Crippen LogP contribution in [0.4, 0.5) is 5.82 Å². The van der Waals surface area contributed by atoms with E-state index in [9.17, 15) is 10.5 Å². The number of para-hydroxylation sites is 1. The summed E-state index contributed by atoms with van der Waals surface area (Å²) >= 11 is 6.19. The van der Waals surface area contributed by atoms with Crippen LogP contribution in [0.5, 0.6) is 5.75 Å². The zero-order chi connectivity index (χ0) is 23.2. The molecule has 7 heteroatoms. The number of benzene rings is 3. The van der Waals surface area contributed by atoms with E-state index in [1.54, 1.807) is 12.1 Å². The van der Waals surface area contributed by atoms with Gasteiger partial charge in [-0.05, 0) is 42.0 Å². The second-order valence-electron chi connectivity index (χ2n) is 7.09. The molecule has 3 aromatic carbocycles. The minimum absolute atomic E-state index is 0.151. The van der Waals surface area contributed by atoms with Gasteiger partial charge in [0, 0.05) is 10.6 Å². The van der Waals surface area contributed by atoms with E-state index in [-0.39, 0.29) is 22.6 Å². The lowest BCUT2D eigenvalue weighted by molar-refractivity contribution is 0.306. The van der Waals surface area contributed by atoms with Gasteiger partial charge < -0.3 is 10.5 Å². The Morgan fingerprint density at radius 3 is 2.52 bits per heavy atom. The predicted molar refractivity (Wildman–Crippen MR) is 128 cm³/mol. The molecule has 0 spiro atoms. The highest BCUT2D eigenvalue weighted by Gasteiger charge is 2.20. The first-order valence-corrected chi connectivity index (χ1v) is 10.4. The molecule has 0 atom stereocenters. The van der Waals surface area contributed by atoms with Crippen molar-refractivity contribution in [3.05, 3.63) is 106 Å². The third-order valence-corrected chi connectivity index (χ3v) is 5.30. The van der Waals surface area contributed by atoms with E-state index in [0.29, 0.717) is 23.1 Å². The standard InChI is InChI=1S/C26H18ClN5O/c27-24-12-5-4-8-19(24)17-33-22-11-6-7-18(14-22)13-20(15-28)25-23(16-29)26(30)32(31-25)21-9-2-1-3-10-21/h1-14H,17,30H2/b20-13+. The Bertz CT molecular complexity index is 1410. The Balaban J connectivity index is 1.65. The maximum atomic E-state index is 9.82. The van der Waals surface area contributed by atoms with Crippen LogP contribution in [-0.2, 0) is 6.61 Å². The SMILES string of the molecule is N#C/C(=C\c1cccc(OCc2ccccc2Cl)c1)c1nn(-c2ccccc2)c(N)c1C#N. The number of aromatic nitrogens is 2. The van der Waals surface area contributed by atoms with Gasteiger partial charge in [0.05, 0.1) is 11.3 Å². The molecule has 1 heterocycles. The van der Waals surface area contributed by atoms with Crippen LogP contribution in [0.3, 0.4) is 0 Å². The minimum atomic E-state index is 0.151. The lowest BCUT2D eigenvalue weighted by Crippen LogP contribution is -2.02. The Morgan fingerprint density at radius 2 is 1.79 bits per heavy atom. The number of nitrogens with two attached hydrogens (primary N) is 1. The van der Waals surface area contributed by atoms with Crippen molar-refractivity contribution >= 4 is 29.1 Å². The number of nitrogens with zero attached hydrogens (tertiary/aromatic N) is 4. The molecule has 0 aliphatic carbocycles. The van der Waals surface area contributed by atoms with E-state index in [1.807, 2.05) is 72.8 Å². The number of ether oxygens (including phenoxy) is 1. The van der Waals surface area contributed by atoms with E-state index in [2.05, 4.69) is 17.2 Å². The van der Waals surface area contributed by atoms with E-state index in [4.69, 9.17) is 22.1 Å². The van der Waals surface area contributed by atoms with Gasteiger partial charge in [-0.2, -0.15) is 15.6 Å². The quantitative estimate of drug-likeness (QED) is 0.383. The molecule has 0 saturated heterocycles. The highest BCUT2D eigenvalue weighted by atomic mass is 35.5. The topological polar surface area (TPSA) is 101 Å². The number of halogens is 1. The summed E-state index contributed by atoms with van der Waals surface area (Å²) in [4.78, 5) is 0. The molecular weight excluding hydrogens is 434 g/mol. The van der Waals surface area contributed by atoms with Crippen LogP contribution in [0.15, 0.2) is 78.9 Å². The zero-order valence-corrected chi connectivity index (χ0v) is 18.2. The number of rotatable bonds is 6. The molecule has 0 radical (unpaired) electrons. The third-order valence-electron chi connectivity index (χ3n) is 4.93. The van der Waals surface area contributed by atoms with Gasteiger partial charge in [-0.25, -0.2) is 4.68 Å². The fraction of sp³-hybridized carbons (Fsp3) is 0.0385. The van der Waals surface area contributed by atoms with Crippen molar-refractivity contribution in [1.29, 1.82) is 10.5 Å². The second-order valence-corrected chi connectivity index (χ2v) is 7.50. The summed E-state index contributed by atoms with van der Waals surface area (Å²) in [6.45, 7) is 0.314. The van der Waals surface area contributed by atoms with E-state index in [1.165, 1.54) is 4.68 Å². The molecule has 4 aromatic rings. The number of hydrogen-bond acceptors (Lipinski definition) is 5. The van der Waals surface area contributed by atoms with Crippen molar-refractivity contribution in [1.82, 2.24) is 9.78 Å². The molecule has 6 nitrogen and oxygen atoms in total. The highest BCUT2D eigenvalue weighted by molar-refractivity contribution is 6.31. The molecule has 160 valence electrons. The van der Waals surface area contributed by atoms with Gasteiger partial charge in [0.25, 0.3) is 0 Å². The van der Waals surface area contributed by atoms with Crippen LogP contribution in [0.1, 0.15) is 22.4 Å². The highest BCUT2D eigenvalue weighted by Crippen LogP contribution is 2.28. The molecule has 1 aromatic heterocycles. The summed E-state index contributed by atoms with van der Waals surface area (Å²) in [6.07, 6.45) is 1.65. The first kappa shape index (κ1) is 21.7. The van der Waals surface area contributed by atoms with E-state index in [0.717, 1.165) is 11.1 Å². The van der Waals surface area contributed by atoms with Crippen molar-refractivity contribution in [2.24, 2.45) is 0 Å². The largest absolute Gasteiger partial charge is 0.489 e. The monoisotopic (exact) mass is 451 g/mol. The summed E-state index contributed by atoms with van der Waals surface area (Å²) in [5.41, 5.74) is 9.06. The van der Waals surface area contributed by atoms with Crippen LogP contribution >= 0.6 is 11.6 Å². The van der Waals surface area contributed by atoms with Crippen LogP contribution in [0.25, 0.3) is 17.3 Å². The Hall–Kier alpha value is -4.52. The molecule has 0 aliphatic heterocycles. The molecule has 33 heavy (non-hydrogen) atoms. The number of hydrogen-bond donors (Lipinski definition) is 1. The first-order valence-electron chi connectivity index (χ1n) is 10.0. The molecule has 0 aliphatic rings. The van der Waals surface area contributed by atoms with Crippen molar-refractivity contribution in [3.8, 4) is 23.6 Å². The third kappa shape index (κ3) is 4.72. The molecule has 2 N–H and O–H groups in total. The van der Waals surface area contributed by atoms with Crippen molar-refractivity contribution in [2.75, 3.05) is 5.73 Å². The molecule has 0 unspecified atom stereocenters. The van der Waals surface area contributed by atoms with Crippen molar-refractivity contribution < 1.29 is 4.74 Å². The summed E-state index contributed by atoms with van der Waals surface area (Å²) in [6, 6.07) is 28.2. The average Bonchev–Trinajstić information content (AvgIpc) is 3.18. The fourth-order valence-corrected chi connectivity index (χ4v) is 3.48. The molecule has 0 amide bonds. The Morgan fingerprint density at radius 1 is 1.03 bits per heavy atom. The van der Waals surface area contributed by atoms with Gasteiger partial charge >= 0.3 is 0 Å². The fourth-order valence-electron chi connectivity index (χ4n) is 3.29. The van der Waals surface area contributed by atoms with Crippen LogP contribution in [0, 0.1) is 22.7 Å². The smallest absolute Gasteiger partial charge is 0.145 e. The van der Waals surface area contributed by atoms with Crippen molar-refractivity contribution in [3.63, 3.8) is 0 Å². The van der Waals surface area contributed by atoms with E-state index < -0.39 is 0 Å². The van der Waals surface area contributed by atoms with Gasteiger partial charge in [0.2, 0.25) is 0 Å². The number of allylic oxidation sites excluding steroid dienone is 1. The zero-order valence-electron chi connectivity index (χ0n) is 17.4. The maximum Gasteiger partial charge on any atom is 0.145 e. The van der Waals surface area contributed by atoms with Crippen LogP contribution < -0.4 is 10.5 Å². The number of nitriles is 2. The molecule has 0 bridgehead atoms. The van der Waals surface area contributed by atoms with Crippen molar-refractivity contribution in [2.45, 2.75) is 6.61 Å².